The number of thioether (sulfide) groups is 1. The molecule has 0 radical (unpaired) electrons. The van der Waals surface area contributed by atoms with Crippen LogP contribution in [0.5, 0.6) is 0 Å². The number of carbonyl (C=O) groups excluding carboxylic acids is 1. The zero-order valence-corrected chi connectivity index (χ0v) is 12.6. The van der Waals surface area contributed by atoms with Crippen molar-refractivity contribution in [2.24, 2.45) is 0 Å². The fourth-order valence-electron chi connectivity index (χ4n) is 2.86. The van der Waals surface area contributed by atoms with Gasteiger partial charge in [-0.15, -0.1) is 11.3 Å². The van der Waals surface area contributed by atoms with Crippen molar-refractivity contribution in [1.29, 1.82) is 0 Å². The zero-order valence-electron chi connectivity index (χ0n) is 11.0. The van der Waals surface area contributed by atoms with Gasteiger partial charge in [-0.1, -0.05) is 11.8 Å². The molecule has 0 atom stereocenters. The van der Waals surface area contributed by atoms with Crippen molar-refractivity contribution < 1.29 is 4.79 Å². The average molecular weight is 307 g/mol. The highest BCUT2D eigenvalue weighted by Crippen LogP contribution is 2.34. The van der Waals surface area contributed by atoms with Gasteiger partial charge in [-0.25, -0.2) is 4.98 Å². The van der Waals surface area contributed by atoms with Crippen molar-refractivity contribution in [2.45, 2.75) is 31.6 Å². The first-order chi connectivity index (χ1) is 9.65. The van der Waals surface area contributed by atoms with Gasteiger partial charge in [0.2, 0.25) is 5.91 Å². The van der Waals surface area contributed by atoms with E-state index in [0.29, 0.717) is 13.1 Å². The SMILES string of the molecule is CC(=O)N1CCc2c(sc3nc4n(c(=O)c23)CCS4)C1. The monoisotopic (exact) mass is 307 g/mol. The topological polar surface area (TPSA) is 55.2 Å². The minimum absolute atomic E-state index is 0.0934. The average Bonchev–Trinajstić information content (AvgIpc) is 3.01. The van der Waals surface area contributed by atoms with Crippen LogP contribution in [0, 0.1) is 0 Å². The van der Waals surface area contributed by atoms with Crippen molar-refractivity contribution in [1.82, 2.24) is 14.5 Å². The van der Waals surface area contributed by atoms with Crippen LogP contribution >= 0.6 is 23.1 Å². The lowest BCUT2D eigenvalue weighted by Gasteiger charge is -2.25. The minimum atomic E-state index is 0.0934. The number of hydrogen-bond acceptors (Lipinski definition) is 5. The Morgan fingerprint density at radius 1 is 1.35 bits per heavy atom. The summed E-state index contributed by atoms with van der Waals surface area (Å²) in [5.74, 6) is 1.02. The van der Waals surface area contributed by atoms with Gasteiger partial charge in [0.05, 0.1) is 11.9 Å². The fourth-order valence-corrected chi connectivity index (χ4v) is 5.09. The van der Waals surface area contributed by atoms with E-state index in [1.54, 1.807) is 34.6 Å². The third-order valence-electron chi connectivity index (χ3n) is 3.92. The molecule has 2 aliphatic rings. The Morgan fingerprint density at radius 2 is 2.20 bits per heavy atom. The highest BCUT2D eigenvalue weighted by atomic mass is 32.2. The molecule has 104 valence electrons. The summed E-state index contributed by atoms with van der Waals surface area (Å²) in [5.41, 5.74) is 1.22. The Morgan fingerprint density at radius 3 is 3.00 bits per heavy atom. The summed E-state index contributed by atoms with van der Waals surface area (Å²) in [6.07, 6.45) is 0.762. The van der Waals surface area contributed by atoms with Gasteiger partial charge in [0.1, 0.15) is 4.83 Å². The maximum absolute atomic E-state index is 12.6. The van der Waals surface area contributed by atoms with Crippen LogP contribution in [0.25, 0.3) is 10.2 Å². The van der Waals surface area contributed by atoms with E-state index in [2.05, 4.69) is 4.98 Å². The fraction of sp³-hybridized carbons (Fsp3) is 0.462. The van der Waals surface area contributed by atoms with Crippen LogP contribution in [-0.2, 0) is 24.3 Å². The van der Waals surface area contributed by atoms with Crippen LogP contribution in [-0.4, -0.2) is 32.7 Å². The molecule has 0 aliphatic carbocycles. The predicted octanol–water partition coefficient (Wildman–Crippen LogP) is 1.47. The van der Waals surface area contributed by atoms with E-state index < -0.39 is 0 Å². The highest BCUT2D eigenvalue weighted by Gasteiger charge is 2.27. The van der Waals surface area contributed by atoms with Crippen molar-refractivity contribution in [3.8, 4) is 0 Å². The first kappa shape index (κ1) is 12.4. The highest BCUT2D eigenvalue weighted by molar-refractivity contribution is 7.99. The molecule has 0 spiro atoms. The molecule has 7 heteroatoms. The molecule has 20 heavy (non-hydrogen) atoms. The predicted molar refractivity (Wildman–Crippen MR) is 79.4 cm³/mol. The van der Waals surface area contributed by atoms with Crippen molar-refractivity contribution in [2.75, 3.05) is 12.3 Å². The van der Waals surface area contributed by atoms with Crippen LogP contribution in [0.3, 0.4) is 0 Å². The molecule has 1 amide bonds. The lowest BCUT2D eigenvalue weighted by molar-refractivity contribution is -0.129. The molecule has 4 heterocycles. The van der Waals surface area contributed by atoms with E-state index in [0.717, 1.165) is 44.5 Å². The second-order valence-electron chi connectivity index (χ2n) is 5.07. The number of nitrogens with zero attached hydrogens (tertiary/aromatic N) is 3. The third kappa shape index (κ3) is 1.66. The number of thiophene rings is 1. The van der Waals surface area contributed by atoms with Crippen LogP contribution in [0.15, 0.2) is 9.95 Å². The van der Waals surface area contributed by atoms with Crippen molar-refractivity contribution in [3.05, 3.63) is 20.8 Å². The summed E-state index contributed by atoms with van der Waals surface area (Å²) in [6.45, 7) is 3.67. The molecule has 0 bridgehead atoms. The maximum Gasteiger partial charge on any atom is 0.263 e. The number of rotatable bonds is 0. The van der Waals surface area contributed by atoms with Crippen LogP contribution in [0.2, 0.25) is 0 Å². The van der Waals surface area contributed by atoms with Crippen LogP contribution in [0.4, 0.5) is 0 Å². The molecular weight excluding hydrogens is 294 g/mol. The van der Waals surface area contributed by atoms with Crippen molar-refractivity contribution in [3.63, 3.8) is 0 Å². The van der Waals surface area contributed by atoms with Gasteiger partial charge in [-0.2, -0.15) is 0 Å². The Kier molecular flexibility index (Phi) is 2.68. The molecule has 0 aromatic carbocycles. The maximum atomic E-state index is 12.6. The van der Waals surface area contributed by atoms with E-state index in [4.69, 9.17) is 0 Å². The third-order valence-corrected chi connectivity index (χ3v) is 5.98. The largest absolute Gasteiger partial charge is 0.337 e. The molecule has 0 saturated carbocycles. The van der Waals surface area contributed by atoms with Gasteiger partial charge in [-0.05, 0) is 12.0 Å². The molecule has 0 saturated heterocycles. The number of hydrogen-bond donors (Lipinski definition) is 0. The Hall–Kier alpha value is -1.34. The Labute approximate surface area is 123 Å². The molecule has 4 rings (SSSR count). The summed E-state index contributed by atoms with van der Waals surface area (Å²) >= 11 is 3.21. The Balaban J connectivity index is 1.93. The molecule has 2 aromatic rings. The molecule has 2 aromatic heterocycles. The van der Waals surface area contributed by atoms with E-state index >= 15 is 0 Å². The summed E-state index contributed by atoms with van der Waals surface area (Å²) in [5, 5.41) is 1.63. The summed E-state index contributed by atoms with van der Waals surface area (Å²) in [7, 11) is 0. The summed E-state index contributed by atoms with van der Waals surface area (Å²) in [6, 6.07) is 0. The summed E-state index contributed by atoms with van der Waals surface area (Å²) in [4.78, 5) is 32.5. The molecular formula is C13H13N3O2S2. The lowest BCUT2D eigenvalue weighted by atomic mass is 10.1. The zero-order chi connectivity index (χ0) is 13.9. The number of fused-ring (bicyclic) bond motifs is 4. The van der Waals surface area contributed by atoms with E-state index in [-0.39, 0.29) is 11.5 Å². The van der Waals surface area contributed by atoms with Crippen LogP contribution < -0.4 is 5.56 Å². The smallest absolute Gasteiger partial charge is 0.263 e. The number of aromatic nitrogens is 2. The van der Waals surface area contributed by atoms with E-state index in [1.165, 1.54) is 0 Å². The van der Waals surface area contributed by atoms with Gasteiger partial charge in [0, 0.05) is 30.6 Å². The first-order valence-electron chi connectivity index (χ1n) is 6.58. The molecule has 5 nitrogen and oxygen atoms in total. The van der Waals surface area contributed by atoms with E-state index in [1.807, 2.05) is 4.90 Å². The van der Waals surface area contributed by atoms with Gasteiger partial charge >= 0.3 is 0 Å². The molecule has 2 aliphatic heterocycles. The standard InChI is InChI=1S/C13H13N3O2S2/c1-7(17)15-3-2-8-9(6-15)20-11-10(8)12(18)16-4-5-19-13(16)14-11/h2-6H2,1H3. The van der Waals surface area contributed by atoms with Crippen molar-refractivity contribution >= 4 is 39.2 Å². The second kappa shape index (κ2) is 4.33. The number of carbonyl (C=O) groups is 1. The van der Waals surface area contributed by atoms with E-state index in [9.17, 15) is 9.59 Å². The molecule has 0 unspecified atom stereocenters. The summed E-state index contributed by atoms with van der Waals surface area (Å²) < 4.78 is 1.79. The second-order valence-corrected chi connectivity index (χ2v) is 7.22. The molecule has 0 fully saturated rings. The minimum Gasteiger partial charge on any atom is -0.337 e. The van der Waals surface area contributed by atoms with Gasteiger partial charge in [0.25, 0.3) is 5.56 Å². The lowest BCUT2D eigenvalue weighted by Crippen LogP contribution is -2.33. The number of amides is 1. The van der Waals surface area contributed by atoms with Crippen LogP contribution in [0.1, 0.15) is 17.4 Å². The Bertz CT molecular complexity index is 793. The quantitative estimate of drug-likeness (QED) is 0.692. The first-order valence-corrected chi connectivity index (χ1v) is 8.39. The molecule has 0 N–H and O–H groups in total. The normalized spacial score (nSPS) is 17.4. The van der Waals surface area contributed by atoms with Gasteiger partial charge < -0.3 is 4.90 Å². The van der Waals surface area contributed by atoms with Gasteiger partial charge in [-0.3, -0.25) is 14.2 Å². The van der Waals surface area contributed by atoms with Gasteiger partial charge in [0.15, 0.2) is 5.16 Å².